The molecule has 0 bridgehead atoms. The number of carboxylic acids is 1. The number of H-pyrrole nitrogens is 1. The van der Waals surface area contributed by atoms with Gasteiger partial charge in [0.2, 0.25) is 0 Å². The Labute approximate surface area is 127 Å². The first-order valence-electron chi connectivity index (χ1n) is 6.80. The third-order valence-corrected chi connectivity index (χ3v) is 3.25. The molecule has 0 saturated carbocycles. The molecule has 3 N–H and O–H groups in total. The van der Waals surface area contributed by atoms with Gasteiger partial charge in [-0.05, 0) is 24.6 Å². The Kier molecular flexibility index (Phi) is 4.88. The summed E-state index contributed by atoms with van der Waals surface area (Å²) in [7, 11) is 3.10. The molecule has 0 unspecified atom stereocenters. The first-order chi connectivity index (χ1) is 10.6. The zero-order chi connectivity index (χ0) is 16.1. The van der Waals surface area contributed by atoms with Crippen LogP contribution in [0.15, 0.2) is 18.2 Å². The molecule has 1 aromatic heterocycles. The smallest absolute Gasteiger partial charge is 0.303 e. The summed E-state index contributed by atoms with van der Waals surface area (Å²) in [4.78, 5) is 25.5. The lowest BCUT2D eigenvalue weighted by molar-refractivity contribution is -0.137. The van der Waals surface area contributed by atoms with E-state index in [1.165, 1.54) is 0 Å². The van der Waals surface area contributed by atoms with Crippen molar-refractivity contribution in [1.82, 2.24) is 10.3 Å². The standard InChI is InChI=1S/C15H18N2O5/c1-21-11-5-6-12(22-2)14-9(11)8-10(17-14)15(20)16-7-3-4-13(18)19/h5-6,8,17H,3-4,7H2,1-2H3,(H,16,20)(H,18,19). The Bertz CT molecular complexity index is 652. The quantitative estimate of drug-likeness (QED) is 0.677. The molecular weight excluding hydrogens is 288 g/mol. The van der Waals surface area contributed by atoms with Crippen LogP contribution in [0.3, 0.4) is 0 Å². The summed E-state index contributed by atoms with van der Waals surface area (Å²) in [5.74, 6) is 0.0673. The summed E-state index contributed by atoms with van der Waals surface area (Å²) in [5, 5.41) is 12.0. The lowest BCUT2D eigenvalue weighted by Crippen LogP contribution is -2.25. The van der Waals surface area contributed by atoms with Gasteiger partial charge in [0.15, 0.2) is 0 Å². The molecule has 0 atom stereocenters. The number of aliphatic carboxylic acids is 1. The molecule has 1 aromatic carbocycles. The summed E-state index contributed by atoms with van der Waals surface area (Å²) >= 11 is 0. The zero-order valence-corrected chi connectivity index (χ0v) is 12.4. The van der Waals surface area contributed by atoms with Crippen molar-refractivity contribution in [2.75, 3.05) is 20.8 Å². The lowest BCUT2D eigenvalue weighted by Gasteiger charge is -2.05. The minimum atomic E-state index is -0.880. The van der Waals surface area contributed by atoms with E-state index < -0.39 is 5.97 Å². The highest BCUT2D eigenvalue weighted by atomic mass is 16.5. The summed E-state index contributed by atoms with van der Waals surface area (Å²) in [6.45, 7) is 0.300. The molecule has 118 valence electrons. The van der Waals surface area contributed by atoms with Gasteiger partial charge in [-0.2, -0.15) is 0 Å². The van der Waals surface area contributed by atoms with Crippen LogP contribution in [-0.4, -0.2) is 42.7 Å². The number of carbonyl (C=O) groups is 2. The molecule has 0 aliphatic carbocycles. The fourth-order valence-electron chi connectivity index (χ4n) is 2.17. The number of fused-ring (bicyclic) bond motifs is 1. The number of hydrogen-bond donors (Lipinski definition) is 3. The van der Waals surface area contributed by atoms with Crippen molar-refractivity contribution in [3.05, 3.63) is 23.9 Å². The minimum Gasteiger partial charge on any atom is -0.496 e. The van der Waals surface area contributed by atoms with Gasteiger partial charge in [0.25, 0.3) is 5.91 Å². The van der Waals surface area contributed by atoms with Gasteiger partial charge in [-0.15, -0.1) is 0 Å². The maximum Gasteiger partial charge on any atom is 0.303 e. The number of carbonyl (C=O) groups excluding carboxylic acids is 1. The third-order valence-electron chi connectivity index (χ3n) is 3.25. The van der Waals surface area contributed by atoms with Gasteiger partial charge in [-0.25, -0.2) is 0 Å². The average Bonchev–Trinajstić information content (AvgIpc) is 2.95. The Morgan fingerprint density at radius 2 is 1.91 bits per heavy atom. The van der Waals surface area contributed by atoms with E-state index in [1.807, 2.05) is 0 Å². The Morgan fingerprint density at radius 1 is 1.23 bits per heavy atom. The molecule has 2 aromatic rings. The second-order valence-corrected chi connectivity index (χ2v) is 4.69. The first kappa shape index (κ1) is 15.7. The molecule has 2 rings (SSSR count). The van der Waals surface area contributed by atoms with E-state index in [4.69, 9.17) is 14.6 Å². The van der Waals surface area contributed by atoms with Crippen molar-refractivity contribution in [2.45, 2.75) is 12.8 Å². The summed E-state index contributed by atoms with van der Waals surface area (Å²) in [6.07, 6.45) is 0.405. The van der Waals surface area contributed by atoms with E-state index in [-0.39, 0.29) is 12.3 Å². The van der Waals surface area contributed by atoms with Gasteiger partial charge >= 0.3 is 5.97 Å². The van der Waals surface area contributed by atoms with Crippen LogP contribution in [0.2, 0.25) is 0 Å². The molecular formula is C15H18N2O5. The van der Waals surface area contributed by atoms with Gasteiger partial charge in [-0.1, -0.05) is 0 Å². The number of methoxy groups -OCH3 is 2. The van der Waals surface area contributed by atoms with Crippen LogP contribution >= 0.6 is 0 Å². The number of benzene rings is 1. The van der Waals surface area contributed by atoms with E-state index in [0.29, 0.717) is 35.7 Å². The first-order valence-corrected chi connectivity index (χ1v) is 6.80. The van der Waals surface area contributed by atoms with Crippen LogP contribution in [0.25, 0.3) is 10.9 Å². The SMILES string of the molecule is COc1ccc(OC)c2[nH]c(C(=O)NCCCC(=O)O)cc12. The van der Waals surface area contributed by atoms with Gasteiger partial charge in [0.05, 0.1) is 19.7 Å². The Hall–Kier alpha value is -2.70. The second-order valence-electron chi connectivity index (χ2n) is 4.69. The van der Waals surface area contributed by atoms with Gasteiger partial charge < -0.3 is 24.9 Å². The molecule has 7 nitrogen and oxygen atoms in total. The Balaban J connectivity index is 2.17. The van der Waals surface area contributed by atoms with E-state index in [2.05, 4.69) is 10.3 Å². The van der Waals surface area contributed by atoms with Crippen LogP contribution in [0.4, 0.5) is 0 Å². The van der Waals surface area contributed by atoms with E-state index in [1.54, 1.807) is 32.4 Å². The summed E-state index contributed by atoms with van der Waals surface area (Å²) in [6, 6.07) is 5.21. The topological polar surface area (TPSA) is 101 Å². The molecule has 22 heavy (non-hydrogen) atoms. The van der Waals surface area contributed by atoms with Crippen molar-refractivity contribution in [1.29, 1.82) is 0 Å². The molecule has 0 aliphatic rings. The number of nitrogens with one attached hydrogen (secondary N) is 2. The van der Waals surface area contributed by atoms with Gasteiger partial charge in [-0.3, -0.25) is 9.59 Å². The van der Waals surface area contributed by atoms with E-state index in [9.17, 15) is 9.59 Å². The molecule has 0 aliphatic heterocycles. The maximum atomic E-state index is 12.1. The number of carboxylic acid groups (broad SMARTS) is 1. The van der Waals surface area contributed by atoms with Gasteiger partial charge in [0, 0.05) is 18.4 Å². The molecule has 0 radical (unpaired) electrons. The molecule has 1 amide bonds. The van der Waals surface area contributed by atoms with Crippen molar-refractivity contribution in [3.8, 4) is 11.5 Å². The molecule has 0 saturated heterocycles. The van der Waals surface area contributed by atoms with Crippen LogP contribution in [0.1, 0.15) is 23.3 Å². The number of aromatic amines is 1. The predicted octanol–water partition coefficient (Wildman–Crippen LogP) is 1.78. The maximum absolute atomic E-state index is 12.1. The summed E-state index contributed by atoms with van der Waals surface area (Å²) in [5.41, 5.74) is 1.05. The monoisotopic (exact) mass is 306 g/mol. The molecule has 1 heterocycles. The largest absolute Gasteiger partial charge is 0.496 e. The molecule has 0 spiro atoms. The molecule has 7 heteroatoms. The van der Waals surface area contributed by atoms with Crippen molar-refractivity contribution < 1.29 is 24.2 Å². The fraction of sp³-hybridized carbons (Fsp3) is 0.333. The second kappa shape index (κ2) is 6.84. The van der Waals surface area contributed by atoms with Crippen LogP contribution in [-0.2, 0) is 4.79 Å². The van der Waals surface area contributed by atoms with E-state index in [0.717, 1.165) is 5.39 Å². The van der Waals surface area contributed by atoms with Crippen molar-refractivity contribution >= 4 is 22.8 Å². The predicted molar refractivity (Wildman–Crippen MR) is 80.6 cm³/mol. The van der Waals surface area contributed by atoms with Gasteiger partial charge in [0.1, 0.15) is 17.2 Å². The lowest BCUT2D eigenvalue weighted by atomic mass is 10.2. The van der Waals surface area contributed by atoms with Crippen LogP contribution < -0.4 is 14.8 Å². The highest BCUT2D eigenvalue weighted by Gasteiger charge is 2.15. The van der Waals surface area contributed by atoms with Crippen LogP contribution in [0, 0.1) is 0 Å². The zero-order valence-electron chi connectivity index (χ0n) is 12.4. The highest BCUT2D eigenvalue weighted by Crippen LogP contribution is 2.33. The molecule has 0 fully saturated rings. The number of hydrogen-bond acceptors (Lipinski definition) is 4. The summed E-state index contributed by atoms with van der Waals surface area (Å²) < 4.78 is 10.5. The minimum absolute atomic E-state index is 0.0224. The number of aromatic nitrogens is 1. The average molecular weight is 306 g/mol. The van der Waals surface area contributed by atoms with Crippen LogP contribution in [0.5, 0.6) is 11.5 Å². The number of rotatable bonds is 7. The van der Waals surface area contributed by atoms with Crippen molar-refractivity contribution in [2.24, 2.45) is 0 Å². The number of amides is 1. The van der Waals surface area contributed by atoms with Crippen molar-refractivity contribution in [3.63, 3.8) is 0 Å². The number of ether oxygens (including phenoxy) is 2. The Morgan fingerprint density at radius 3 is 2.55 bits per heavy atom. The highest BCUT2D eigenvalue weighted by molar-refractivity contribution is 6.01. The fourth-order valence-corrected chi connectivity index (χ4v) is 2.17. The van der Waals surface area contributed by atoms with E-state index >= 15 is 0 Å². The third kappa shape index (κ3) is 3.30. The normalized spacial score (nSPS) is 10.5.